The second kappa shape index (κ2) is 8.53. The van der Waals surface area contributed by atoms with Crippen LogP contribution in [0.15, 0.2) is 0 Å². The molecule has 1 aliphatic rings. The summed E-state index contributed by atoms with van der Waals surface area (Å²) in [6, 6.07) is 0.227. The van der Waals surface area contributed by atoms with Gasteiger partial charge in [0.1, 0.15) is 0 Å². The van der Waals surface area contributed by atoms with Gasteiger partial charge in [-0.3, -0.25) is 4.79 Å². The minimum atomic E-state index is -0.177. The molecule has 96 valence electrons. The number of amides is 1. The van der Waals surface area contributed by atoms with Crippen LogP contribution in [-0.2, 0) is 14.3 Å². The molecule has 0 spiro atoms. The fourth-order valence-corrected chi connectivity index (χ4v) is 1.59. The molecule has 1 saturated heterocycles. The normalized spacial score (nSPS) is 21.7. The van der Waals surface area contributed by atoms with Crippen molar-refractivity contribution in [3.05, 3.63) is 0 Å². The van der Waals surface area contributed by atoms with Gasteiger partial charge in [-0.1, -0.05) is 13.8 Å². The number of rotatable bonds is 5. The number of carbonyl (C=O) groups excluding carboxylic acids is 1. The van der Waals surface area contributed by atoms with Crippen LogP contribution >= 0.6 is 0 Å². The average molecular weight is 231 g/mol. The number of hydrogen-bond acceptors (Lipinski definition) is 3. The van der Waals surface area contributed by atoms with Crippen molar-refractivity contribution >= 4 is 5.91 Å². The molecule has 1 heterocycles. The van der Waals surface area contributed by atoms with Gasteiger partial charge in [0.15, 0.2) is 6.29 Å². The third-order valence-corrected chi connectivity index (χ3v) is 2.56. The molecule has 4 nitrogen and oxygen atoms in total. The average Bonchev–Trinajstić information content (AvgIpc) is 2.60. The third kappa shape index (κ3) is 4.94. The van der Waals surface area contributed by atoms with Gasteiger partial charge in [-0.05, 0) is 20.3 Å². The lowest BCUT2D eigenvalue weighted by Gasteiger charge is -2.21. The Labute approximate surface area is 98.9 Å². The van der Waals surface area contributed by atoms with E-state index in [1.165, 1.54) is 0 Å². The molecule has 0 aliphatic carbocycles. The lowest BCUT2D eigenvalue weighted by Crippen LogP contribution is -2.33. The summed E-state index contributed by atoms with van der Waals surface area (Å²) in [6.45, 7) is 9.04. The molecular weight excluding hydrogens is 206 g/mol. The molecule has 0 aromatic rings. The highest BCUT2D eigenvalue weighted by Gasteiger charge is 2.27. The molecule has 0 aromatic carbocycles. The fourth-order valence-electron chi connectivity index (χ4n) is 1.59. The van der Waals surface area contributed by atoms with Gasteiger partial charge < -0.3 is 14.4 Å². The predicted molar refractivity (Wildman–Crippen MR) is 64.2 cm³/mol. The minimum Gasteiger partial charge on any atom is -0.353 e. The largest absolute Gasteiger partial charge is 0.353 e. The molecule has 4 heteroatoms. The van der Waals surface area contributed by atoms with Crippen molar-refractivity contribution in [1.29, 1.82) is 0 Å². The van der Waals surface area contributed by atoms with Crippen LogP contribution in [0.5, 0.6) is 0 Å². The van der Waals surface area contributed by atoms with Gasteiger partial charge in [-0.15, -0.1) is 0 Å². The molecule has 0 bridgehead atoms. The van der Waals surface area contributed by atoms with E-state index in [1.54, 1.807) is 4.90 Å². The maximum atomic E-state index is 11.2. The van der Waals surface area contributed by atoms with Crippen LogP contribution in [0.25, 0.3) is 0 Å². The van der Waals surface area contributed by atoms with Crippen LogP contribution in [-0.4, -0.2) is 43.4 Å². The number of likely N-dealkylation sites (N-methyl/N-ethyl adjacent to an activating group) is 1. The Hall–Kier alpha value is -0.610. The van der Waals surface area contributed by atoms with Crippen molar-refractivity contribution in [3.63, 3.8) is 0 Å². The second-order valence-corrected chi connectivity index (χ2v) is 3.55. The van der Waals surface area contributed by atoms with Crippen molar-refractivity contribution < 1.29 is 14.3 Å². The first-order valence-corrected chi connectivity index (χ1v) is 6.14. The van der Waals surface area contributed by atoms with Crippen LogP contribution in [0.3, 0.4) is 0 Å². The van der Waals surface area contributed by atoms with Crippen LogP contribution in [0.2, 0.25) is 0 Å². The summed E-state index contributed by atoms with van der Waals surface area (Å²) >= 11 is 0. The highest BCUT2D eigenvalue weighted by Crippen LogP contribution is 2.16. The maximum absolute atomic E-state index is 11.2. The topological polar surface area (TPSA) is 38.8 Å². The van der Waals surface area contributed by atoms with E-state index in [0.717, 1.165) is 6.42 Å². The molecule has 1 aliphatic heterocycles. The molecule has 0 N–H and O–H groups in total. The molecule has 0 saturated carbocycles. The molecule has 1 amide bonds. The van der Waals surface area contributed by atoms with Crippen molar-refractivity contribution in [1.82, 2.24) is 4.90 Å². The number of hydrogen-bond donors (Lipinski definition) is 0. The summed E-state index contributed by atoms with van der Waals surface area (Å²) < 4.78 is 10.7. The molecule has 0 radical (unpaired) electrons. The van der Waals surface area contributed by atoms with Crippen molar-refractivity contribution in [3.8, 4) is 0 Å². The first kappa shape index (κ1) is 15.4. The number of likely N-dealkylation sites (tertiary alicyclic amines) is 1. The van der Waals surface area contributed by atoms with Crippen molar-refractivity contribution in [2.24, 2.45) is 0 Å². The van der Waals surface area contributed by atoms with Crippen molar-refractivity contribution in [2.45, 2.75) is 52.9 Å². The van der Waals surface area contributed by atoms with Crippen LogP contribution in [0.1, 0.15) is 40.5 Å². The fraction of sp³-hybridized carbons (Fsp3) is 0.917. The third-order valence-electron chi connectivity index (χ3n) is 2.56. The zero-order valence-electron chi connectivity index (χ0n) is 11.2. The Bertz CT molecular complexity index is 197. The Balaban J connectivity index is 0.00000106. The Kier molecular flexibility index (Phi) is 8.21. The number of ether oxygens (including phenoxy) is 2. The van der Waals surface area contributed by atoms with E-state index < -0.39 is 0 Å². The van der Waals surface area contributed by atoms with Gasteiger partial charge in [0.05, 0.1) is 12.6 Å². The van der Waals surface area contributed by atoms with E-state index >= 15 is 0 Å². The summed E-state index contributed by atoms with van der Waals surface area (Å²) in [7, 11) is 1.83. The summed E-state index contributed by atoms with van der Waals surface area (Å²) in [5.74, 6) is 0.211. The standard InChI is InChI=1S/C10H19NO3.C2H6/c1-4-13-8(2)14-7-9-5-6-10(12)11(9)3;1-2/h8-9H,4-7H2,1-3H3;1-2H3. The summed E-state index contributed by atoms with van der Waals surface area (Å²) in [5, 5.41) is 0. The molecule has 0 aromatic heterocycles. The smallest absolute Gasteiger partial charge is 0.222 e. The second-order valence-electron chi connectivity index (χ2n) is 3.55. The van der Waals surface area contributed by atoms with Crippen LogP contribution < -0.4 is 0 Å². The van der Waals surface area contributed by atoms with E-state index in [4.69, 9.17) is 9.47 Å². The molecule has 2 unspecified atom stereocenters. The molecular formula is C12H25NO3. The predicted octanol–water partition coefficient (Wildman–Crippen LogP) is 2.03. The Morgan fingerprint density at radius 2 is 2.06 bits per heavy atom. The van der Waals surface area contributed by atoms with Gasteiger partial charge in [0.25, 0.3) is 0 Å². The van der Waals surface area contributed by atoms with Crippen LogP contribution in [0, 0.1) is 0 Å². The first-order valence-electron chi connectivity index (χ1n) is 6.14. The van der Waals surface area contributed by atoms with Crippen LogP contribution in [0.4, 0.5) is 0 Å². The van der Waals surface area contributed by atoms with E-state index in [0.29, 0.717) is 19.6 Å². The first-order chi connectivity index (χ1) is 7.65. The van der Waals surface area contributed by atoms with Gasteiger partial charge in [0.2, 0.25) is 5.91 Å². The number of nitrogens with zero attached hydrogens (tertiary/aromatic N) is 1. The van der Waals surface area contributed by atoms with Gasteiger partial charge in [-0.2, -0.15) is 0 Å². The highest BCUT2D eigenvalue weighted by atomic mass is 16.7. The molecule has 16 heavy (non-hydrogen) atoms. The van der Waals surface area contributed by atoms with E-state index in [-0.39, 0.29) is 18.2 Å². The quantitative estimate of drug-likeness (QED) is 0.680. The summed E-state index contributed by atoms with van der Waals surface area (Å²) in [4.78, 5) is 13.0. The molecule has 2 atom stereocenters. The maximum Gasteiger partial charge on any atom is 0.222 e. The minimum absolute atomic E-state index is 0.177. The van der Waals surface area contributed by atoms with E-state index in [1.807, 2.05) is 34.7 Å². The zero-order valence-corrected chi connectivity index (χ0v) is 11.2. The molecule has 1 fully saturated rings. The Morgan fingerprint density at radius 1 is 1.44 bits per heavy atom. The molecule has 1 rings (SSSR count). The summed E-state index contributed by atoms with van der Waals surface area (Å²) in [5.41, 5.74) is 0. The lowest BCUT2D eigenvalue weighted by molar-refractivity contribution is -0.141. The van der Waals surface area contributed by atoms with Gasteiger partial charge >= 0.3 is 0 Å². The van der Waals surface area contributed by atoms with Gasteiger partial charge in [0, 0.05) is 20.1 Å². The van der Waals surface area contributed by atoms with E-state index in [9.17, 15) is 4.79 Å². The Morgan fingerprint density at radius 3 is 2.50 bits per heavy atom. The van der Waals surface area contributed by atoms with Crippen molar-refractivity contribution in [2.75, 3.05) is 20.3 Å². The lowest BCUT2D eigenvalue weighted by atomic mass is 10.2. The van der Waals surface area contributed by atoms with E-state index in [2.05, 4.69) is 0 Å². The van der Waals surface area contributed by atoms with Gasteiger partial charge in [-0.25, -0.2) is 0 Å². The zero-order chi connectivity index (χ0) is 12.6. The monoisotopic (exact) mass is 231 g/mol. The summed E-state index contributed by atoms with van der Waals surface area (Å²) in [6.07, 6.45) is 1.37. The number of carbonyl (C=O) groups is 1. The SMILES string of the molecule is CC.CCOC(C)OCC1CCC(=O)N1C. The highest BCUT2D eigenvalue weighted by molar-refractivity contribution is 5.78.